The van der Waals surface area contributed by atoms with Crippen molar-refractivity contribution in [3.8, 4) is 10.6 Å². The van der Waals surface area contributed by atoms with Crippen molar-refractivity contribution in [2.45, 2.75) is 19.9 Å². The lowest BCUT2D eigenvalue weighted by atomic mass is 10.2. The topological polar surface area (TPSA) is 76.1 Å². The van der Waals surface area contributed by atoms with Gasteiger partial charge in [-0.25, -0.2) is 13.4 Å². The summed E-state index contributed by atoms with van der Waals surface area (Å²) in [5.74, 6) is -0.434. The van der Waals surface area contributed by atoms with E-state index in [0.717, 1.165) is 26.4 Å². The Balaban J connectivity index is 1.79. The number of rotatable bonds is 3. The summed E-state index contributed by atoms with van der Waals surface area (Å²) in [5.41, 5.74) is 2.48. The number of amides is 1. The fraction of sp³-hybridized carbons (Fsp3) is 0.250. The van der Waals surface area contributed by atoms with Crippen LogP contribution in [0.15, 0.2) is 35.7 Å². The first-order valence-electron chi connectivity index (χ1n) is 7.10. The molecular formula is C16H16N2O3S2. The lowest BCUT2D eigenvalue weighted by molar-refractivity contribution is 0.0943. The lowest BCUT2D eigenvalue weighted by Crippen LogP contribution is -2.35. The summed E-state index contributed by atoms with van der Waals surface area (Å²) in [6, 6.07) is 7.46. The molecule has 120 valence electrons. The zero-order valence-electron chi connectivity index (χ0n) is 12.7. The van der Waals surface area contributed by atoms with E-state index >= 15 is 0 Å². The van der Waals surface area contributed by atoms with Gasteiger partial charge in [0.25, 0.3) is 5.91 Å². The minimum absolute atomic E-state index is 0.0905. The van der Waals surface area contributed by atoms with Crippen molar-refractivity contribution in [2.75, 3.05) is 5.75 Å². The third-order valence-corrected chi connectivity index (χ3v) is 5.97. The SMILES string of the molecule is Cc1ccc(-c2nc(C(=O)N[C@H]3C=CS(=O)(=O)C3)c(C)s2)cc1. The first-order chi connectivity index (χ1) is 10.8. The van der Waals surface area contributed by atoms with Crippen molar-refractivity contribution in [1.82, 2.24) is 10.3 Å². The number of sulfone groups is 1. The summed E-state index contributed by atoms with van der Waals surface area (Å²) in [4.78, 5) is 17.6. The van der Waals surface area contributed by atoms with Crippen LogP contribution >= 0.6 is 11.3 Å². The van der Waals surface area contributed by atoms with Crippen molar-refractivity contribution >= 4 is 27.1 Å². The maximum atomic E-state index is 12.3. The zero-order valence-corrected chi connectivity index (χ0v) is 14.4. The third kappa shape index (κ3) is 3.51. The second kappa shape index (κ2) is 5.90. The molecule has 1 aromatic carbocycles. The molecule has 1 amide bonds. The van der Waals surface area contributed by atoms with Crippen molar-refractivity contribution in [3.63, 3.8) is 0 Å². The van der Waals surface area contributed by atoms with E-state index in [1.54, 1.807) is 0 Å². The van der Waals surface area contributed by atoms with Crippen LogP contribution in [0.2, 0.25) is 0 Å². The molecule has 7 heteroatoms. The predicted molar refractivity (Wildman–Crippen MR) is 91.2 cm³/mol. The number of thiazole rings is 1. The molecule has 5 nitrogen and oxygen atoms in total. The molecule has 2 aromatic rings. The van der Waals surface area contributed by atoms with E-state index in [2.05, 4.69) is 10.3 Å². The summed E-state index contributed by atoms with van der Waals surface area (Å²) in [5, 5.41) is 4.63. The van der Waals surface area contributed by atoms with Crippen LogP contribution in [0.4, 0.5) is 0 Å². The summed E-state index contributed by atoms with van der Waals surface area (Å²) in [6.45, 7) is 3.85. The molecule has 0 bridgehead atoms. The Kier molecular flexibility index (Phi) is 4.08. The fourth-order valence-electron chi connectivity index (χ4n) is 2.33. The van der Waals surface area contributed by atoms with E-state index in [0.29, 0.717) is 5.69 Å². The van der Waals surface area contributed by atoms with Crippen LogP contribution in [-0.2, 0) is 9.84 Å². The monoisotopic (exact) mass is 348 g/mol. The molecule has 1 aliphatic rings. The Bertz CT molecular complexity index is 881. The van der Waals surface area contributed by atoms with Crippen LogP contribution in [0.3, 0.4) is 0 Å². The Hall–Kier alpha value is -1.99. The standard InChI is InChI=1S/C16H16N2O3S2/c1-10-3-5-12(6-4-10)16-18-14(11(2)22-16)15(19)17-13-7-8-23(20,21)9-13/h3-8,13H,9H2,1-2H3,(H,17,19)/t13-/m0/s1. The number of nitrogens with one attached hydrogen (secondary N) is 1. The van der Waals surface area contributed by atoms with Gasteiger partial charge in [-0.15, -0.1) is 11.3 Å². The van der Waals surface area contributed by atoms with Gasteiger partial charge in [-0.3, -0.25) is 4.79 Å². The third-order valence-electron chi connectivity index (χ3n) is 3.56. The van der Waals surface area contributed by atoms with E-state index in [1.807, 2.05) is 38.1 Å². The number of hydrogen-bond acceptors (Lipinski definition) is 5. The second-order valence-corrected chi connectivity index (χ2v) is 8.66. The summed E-state index contributed by atoms with van der Waals surface area (Å²) in [7, 11) is -3.19. The van der Waals surface area contributed by atoms with Crippen LogP contribution in [0, 0.1) is 13.8 Å². The average molecular weight is 348 g/mol. The maximum absolute atomic E-state index is 12.3. The van der Waals surface area contributed by atoms with Gasteiger partial charge in [0.15, 0.2) is 9.84 Å². The van der Waals surface area contributed by atoms with Gasteiger partial charge in [-0.05, 0) is 19.9 Å². The van der Waals surface area contributed by atoms with E-state index in [-0.39, 0.29) is 11.7 Å². The maximum Gasteiger partial charge on any atom is 0.271 e. The molecule has 0 aliphatic carbocycles. The lowest BCUT2D eigenvalue weighted by Gasteiger charge is -2.08. The van der Waals surface area contributed by atoms with Gasteiger partial charge in [-0.1, -0.05) is 29.8 Å². The molecule has 23 heavy (non-hydrogen) atoms. The van der Waals surface area contributed by atoms with Crippen LogP contribution in [0.5, 0.6) is 0 Å². The first kappa shape index (κ1) is 15.9. The van der Waals surface area contributed by atoms with Gasteiger partial charge in [-0.2, -0.15) is 0 Å². The fourth-order valence-corrected chi connectivity index (χ4v) is 4.48. The van der Waals surface area contributed by atoms with Gasteiger partial charge in [0.2, 0.25) is 0 Å². The molecule has 0 radical (unpaired) electrons. The Labute approximate surface area is 139 Å². The molecule has 0 unspecified atom stereocenters. The largest absolute Gasteiger partial charge is 0.343 e. The highest BCUT2D eigenvalue weighted by molar-refractivity contribution is 7.94. The molecule has 1 aromatic heterocycles. The number of benzene rings is 1. The average Bonchev–Trinajstić information content (AvgIpc) is 3.02. The molecule has 1 atom stereocenters. The molecule has 0 fully saturated rings. The Morgan fingerprint density at radius 2 is 1.96 bits per heavy atom. The normalized spacial score (nSPS) is 19.0. The van der Waals surface area contributed by atoms with Crippen LogP contribution in [-0.4, -0.2) is 31.1 Å². The highest BCUT2D eigenvalue weighted by Crippen LogP contribution is 2.28. The molecule has 0 saturated heterocycles. The minimum atomic E-state index is -3.19. The summed E-state index contributed by atoms with van der Waals surface area (Å²) in [6.07, 6.45) is 1.50. The highest BCUT2D eigenvalue weighted by atomic mass is 32.2. The molecule has 2 heterocycles. The number of carbonyl (C=O) groups is 1. The number of aromatic nitrogens is 1. The van der Waals surface area contributed by atoms with Gasteiger partial charge >= 0.3 is 0 Å². The van der Waals surface area contributed by atoms with Crippen molar-refractivity contribution in [3.05, 3.63) is 51.9 Å². The minimum Gasteiger partial charge on any atom is -0.343 e. The van der Waals surface area contributed by atoms with Gasteiger partial charge in [0, 0.05) is 15.8 Å². The molecule has 0 spiro atoms. The van der Waals surface area contributed by atoms with E-state index in [4.69, 9.17) is 0 Å². The molecule has 3 rings (SSSR count). The van der Waals surface area contributed by atoms with E-state index in [9.17, 15) is 13.2 Å². The number of nitrogens with zero attached hydrogens (tertiary/aromatic N) is 1. The first-order valence-corrected chi connectivity index (χ1v) is 9.63. The van der Waals surface area contributed by atoms with E-state index in [1.165, 1.54) is 17.4 Å². The predicted octanol–water partition coefficient (Wildman–Crippen LogP) is 2.47. The van der Waals surface area contributed by atoms with Crippen molar-refractivity contribution < 1.29 is 13.2 Å². The smallest absolute Gasteiger partial charge is 0.271 e. The molecular weight excluding hydrogens is 332 g/mol. The van der Waals surface area contributed by atoms with Gasteiger partial charge in [0.1, 0.15) is 10.7 Å². The van der Waals surface area contributed by atoms with Crippen molar-refractivity contribution in [1.29, 1.82) is 0 Å². The number of hydrogen-bond donors (Lipinski definition) is 1. The Morgan fingerprint density at radius 1 is 1.26 bits per heavy atom. The molecule has 0 saturated carbocycles. The summed E-state index contributed by atoms with van der Waals surface area (Å²) >= 11 is 1.45. The van der Waals surface area contributed by atoms with Gasteiger partial charge < -0.3 is 5.32 Å². The zero-order chi connectivity index (χ0) is 16.6. The van der Waals surface area contributed by atoms with E-state index < -0.39 is 15.9 Å². The number of carbonyl (C=O) groups excluding carboxylic acids is 1. The van der Waals surface area contributed by atoms with Crippen LogP contribution < -0.4 is 5.32 Å². The Morgan fingerprint density at radius 3 is 2.57 bits per heavy atom. The quantitative estimate of drug-likeness (QED) is 0.924. The molecule has 1 N–H and O–H groups in total. The number of aryl methyl sites for hydroxylation is 2. The van der Waals surface area contributed by atoms with Crippen LogP contribution in [0.25, 0.3) is 10.6 Å². The molecule has 1 aliphatic heterocycles. The van der Waals surface area contributed by atoms with Gasteiger partial charge in [0.05, 0.1) is 11.8 Å². The summed E-state index contributed by atoms with van der Waals surface area (Å²) < 4.78 is 22.8. The second-order valence-electron chi connectivity index (χ2n) is 5.53. The van der Waals surface area contributed by atoms with Crippen molar-refractivity contribution in [2.24, 2.45) is 0 Å². The highest BCUT2D eigenvalue weighted by Gasteiger charge is 2.25. The van der Waals surface area contributed by atoms with Crippen LogP contribution in [0.1, 0.15) is 20.9 Å².